The van der Waals surface area contributed by atoms with E-state index in [1.807, 2.05) is 0 Å². The molecular formula is C13H16ClNO6. The van der Waals surface area contributed by atoms with Crippen molar-refractivity contribution in [3.05, 3.63) is 35.9 Å². The Morgan fingerprint density at radius 2 is 1.57 bits per heavy atom. The van der Waals surface area contributed by atoms with Crippen LogP contribution in [0.15, 0.2) is 30.3 Å². The molecule has 0 amide bonds. The van der Waals surface area contributed by atoms with Gasteiger partial charge in [-0.2, -0.15) is 0 Å². The van der Waals surface area contributed by atoms with Crippen LogP contribution in [0.25, 0.3) is 0 Å². The summed E-state index contributed by atoms with van der Waals surface area (Å²) in [4.78, 5) is 42.5. The molecule has 0 radical (unpaired) electrons. The Morgan fingerprint density at radius 1 is 1.10 bits per heavy atom. The fourth-order valence-electron chi connectivity index (χ4n) is 1.49. The molecule has 21 heavy (non-hydrogen) atoms. The quantitative estimate of drug-likeness (QED) is 0.792. The fraction of sp³-hybridized carbons (Fsp3) is 0.308. The van der Waals surface area contributed by atoms with E-state index in [4.69, 9.17) is 0 Å². The molecule has 0 spiro atoms. The third-order valence-corrected chi connectivity index (χ3v) is 2.25. The number of hydroxylamine groups is 2. The van der Waals surface area contributed by atoms with Crippen LogP contribution in [-0.4, -0.2) is 34.3 Å². The third kappa shape index (κ3) is 6.73. The minimum Gasteiger partial charge on any atom is -0.480 e. The molecule has 0 saturated heterocycles. The van der Waals surface area contributed by atoms with Crippen molar-refractivity contribution >= 4 is 30.3 Å². The maximum Gasteiger partial charge on any atom is 0.328 e. The number of hydrogen-bond donors (Lipinski definition) is 1. The Balaban J connectivity index is 0.00000400. The van der Waals surface area contributed by atoms with Crippen molar-refractivity contribution in [1.29, 1.82) is 0 Å². The molecule has 1 rings (SSSR count). The first kappa shape index (κ1) is 18.9. The highest BCUT2D eigenvalue weighted by Gasteiger charge is 2.32. The molecule has 116 valence electrons. The SMILES string of the molecule is CC(=O)ON(OC(C)=O)[C@@H](Cc1ccccc1)C(=O)O.Cl. The summed E-state index contributed by atoms with van der Waals surface area (Å²) in [5.41, 5.74) is 0.698. The second kappa shape index (κ2) is 8.93. The smallest absolute Gasteiger partial charge is 0.328 e. The number of carbonyl (C=O) groups is 3. The Kier molecular flexibility index (Phi) is 8.03. The van der Waals surface area contributed by atoms with Crippen LogP contribution in [0.2, 0.25) is 0 Å². The molecule has 0 heterocycles. The van der Waals surface area contributed by atoms with Crippen LogP contribution in [0, 0.1) is 0 Å². The van der Waals surface area contributed by atoms with Crippen molar-refractivity contribution in [2.24, 2.45) is 0 Å². The molecule has 1 atom stereocenters. The van der Waals surface area contributed by atoms with Gasteiger partial charge in [0, 0.05) is 25.5 Å². The summed E-state index contributed by atoms with van der Waals surface area (Å²) in [6.07, 6.45) is 0.0106. The number of rotatable bonds is 6. The average Bonchev–Trinajstić information content (AvgIpc) is 2.35. The van der Waals surface area contributed by atoms with Gasteiger partial charge in [0.1, 0.15) is 0 Å². The molecule has 0 fully saturated rings. The largest absolute Gasteiger partial charge is 0.480 e. The first-order valence-corrected chi connectivity index (χ1v) is 5.83. The van der Waals surface area contributed by atoms with Crippen molar-refractivity contribution in [3.63, 3.8) is 0 Å². The topological polar surface area (TPSA) is 93.1 Å². The highest BCUT2D eigenvalue weighted by atomic mass is 35.5. The van der Waals surface area contributed by atoms with Gasteiger partial charge in [-0.05, 0) is 5.56 Å². The van der Waals surface area contributed by atoms with E-state index in [0.29, 0.717) is 10.8 Å². The Labute approximate surface area is 127 Å². The van der Waals surface area contributed by atoms with Crippen LogP contribution in [0.1, 0.15) is 19.4 Å². The lowest BCUT2D eigenvalue weighted by atomic mass is 10.1. The molecule has 0 aliphatic carbocycles. The molecule has 1 aromatic rings. The summed E-state index contributed by atoms with van der Waals surface area (Å²) in [6.45, 7) is 2.16. The molecule has 0 aromatic heterocycles. The zero-order valence-electron chi connectivity index (χ0n) is 11.5. The maximum absolute atomic E-state index is 11.3. The summed E-state index contributed by atoms with van der Waals surface area (Å²) in [6, 6.07) is 7.39. The van der Waals surface area contributed by atoms with Gasteiger partial charge in [0.2, 0.25) is 0 Å². The summed E-state index contributed by atoms with van der Waals surface area (Å²) in [7, 11) is 0. The van der Waals surface area contributed by atoms with Gasteiger partial charge in [0.25, 0.3) is 0 Å². The molecule has 0 unspecified atom stereocenters. The van der Waals surface area contributed by atoms with Crippen molar-refractivity contribution < 1.29 is 29.2 Å². The van der Waals surface area contributed by atoms with Crippen LogP contribution in [0.4, 0.5) is 0 Å². The number of carboxylic acid groups (broad SMARTS) is 1. The van der Waals surface area contributed by atoms with E-state index in [0.717, 1.165) is 13.8 Å². The van der Waals surface area contributed by atoms with Crippen LogP contribution in [0.3, 0.4) is 0 Å². The molecule has 1 N–H and O–H groups in total. The molecule has 0 saturated carbocycles. The van der Waals surface area contributed by atoms with Gasteiger partial charge in [-0.3, -0.25) is 14.4 Å². The first-order valence-electron chi connectivity index (χ1n) is 5.83. The third-order valence-electron chi connectivity index (χ3n) is 2.25. The van der Waals surface area contributed by atoms with Crippen LogP contribution in [0.5, 0.6) is 0 Å². The Bertz CT molecular complexity index is 477. The molecular weight excluding hydrogens is 302 g/mol. The monoisotopic (exact) mass is 317 g/mol. The number of aliphatic carboxylic acids is 1. The van der Waals surface area contributed by atoms with E-state index < -0.39 is 23.9 Å². The van der Waals surface area contributed by atoms with Gasteiger partial charge < -0.3 is 14.8 Å². The summed E-state index contributed by atoms with van der Waals surface area (Å²) >= 11 is 0. The van der Waals surface area contributed by atoms with Crippen molar-refractivity contribution in [2.45, 2.75) is 26.3 Å². The minimum atomic E-state index is -1.33. The lowest BCUT2D eigenvalue weighted by molar-refractivity contribution is -0.338. The second-order valence-electron chi connectivity index (χ2n) is 3.99. The average molecular weight is 318 g/mol. The maximum atomic E-state index is 11.3. The van der Waals surface area contributed by atoms with Crippen LogP contribution >= 0.6 is 12.4 Å². The van der Waals surface area contributed by atoms with Crippen LogP contribution < -0.4 is 0 Å². The lowest BCUT2D eigenvalue weighted by Gasteiger charge is -2.24. The van der Waals surface area contributed by atoms with Gasteiger partial charge in [-0.1, -0.05) is 30.3 Å². The van der Waals surface area contributed by atoms with E-state index in [1.54, 1.807) is 30.3 Å². The number of halogens is 1. The number of nitrogens with zero attached hydrogens (tertiary/aromatic N) is 1. The summed E-state index contributed by atoms with van der Waals surface area (Å²) in [5.74, 6) is -2.85. The molecule has 0 aliphatic heterocycles. The van der Waals surface area contributed by atoms with Gasteiger partial charge in [-0.25, -0.2) is 0 Å². The highest BCUT2D eigenvalue weighted by Crippen LogP contribution is 2.11. The predicted octanol–water partition coefficient (Wildman–Crippen LogP) is 1.36. The van der Waals surface area contributed by atoms with Gasteiger partial charge >= 0.3 is 17.9 Å². The zero-order chi connectivity index (χ0) is 15.1. The molecule has 8 heteroatoms. The van der Waals surface area contributed by atoms with Gasteiger partial charge in [-0.15, -0.1) is 12.4 Å². The highest BCUT2D eigenvalue weighted by molar-refractivity contribution is 5.85. The fourth-order valence-corrected chi connectivity index (χ4v) is 1.49. The molecule has 1 aromatic carbocycles. The Morgan fingerprint density at radius 3 is 1.95 bits per heavy atom. The van der Waals surface area contributed by atoms with E-state index in [2.05, 4.69) is 9.68 Å². The number of hydrogen-bond acceptors (Lipinski definition) is 6. The second-order valence-corrected chi connectivity index (χ2v) is 3.99. The molecule has 7 nitrogen and oxygen atoms in total. The van der Waals surface area contributed by atoms with Crippen molar-refractivity contribution in [3.8, 4) is 0 Å². The normalized spacial score (nSPS) is 11.2. The van der Waals surface area contributed by atoms with E-state index in [1.165, 1.54) is 0 Å². The van der Waals surface area contributed by atoms with Crippen molar-refractivity contribution in [1.82, 2.24) is 5.23 Å². The minimum absolute atomic E-state index is 0. The van der Waals surface area contributed by atoms with E-state index >= 15 is 0 Å². The molecule has 0 bridgehead atoms. The number of carbonyl (C=O) groups excluding carboxylic acids is 2. The number of benzene rings is 1. The van der Waals surface area contributed by atoms with E-state index in [9.17, 15) is 19.5 Å². The van der Waals surface area contributed by atoms with Crippen LogP contribution in [-0.2, 0) is 30.5 Å². The Hall–Kier alpha value is -2.12. The summed E-state index contributed by atoms with van der Waals surface area (Å²) in [5, 5.41) is 9.62. The zero-order valence-corrected chi connectivity index (χ0v) is 12.3. The standard InChI is InChI=1S/C13H15NO6.ClH/c1-9(15)19-14(20-10(2)16)12(13(17)18)8-11-6-4-3-5-7-11;/h3-7,12H,8H2,1-2H3,(H,17,18);1H/t12-;/m0./s1. The first-order chi connectivity index (χ1) is 9.40. The summed E-state index contributed by atoms with van der Waals surface area (Å²) < 4.78 is 0. The van der Waals surface area contributed by atoms with Crippen molar-refractivity contribution in [2.75, 3.05) is 0 Å². The molecule has 0 aliphatic rings. The van der Waals surface area contributed by atoms with E-state index in [-0.39, 0.29) is 18.8 Å². The lowest BCUT2D eigenvalue weighted by Crippen LogP contribution is -2.44. The predicted molar refractivity (Wildman–Crippen MR) is 74.2 cm³/mol. The van der Waals surface area contributed by atoms with Gasteiger partial charge in [0.05, 0.1) is 0 Å². The van der Waals surface area contributed by atoms with Gasteiger partial charge in [0.15, 0.2) is 6.04 Å². The number of carboxylic acids is 1.